The SMILES string of the molecule is NC(=O)CC(NC(=O)C(N)Cc1ccc(O)cc1)C(=O)NC(CCC(=O)O)C(=O)NCC(=O)O. The highest BCUT2D eigenvalue weighted by Gasteiger charge is 2.29. The molecule has 0 radical (unpaired) electrons. The maximum atomic E-state index is 12.7. The monoisotopic (exact) mass is 481 g/mol. The zero-order valence-corrected chi connectivity index (χ0v) is 18.0. The summed E-state index contributed by atoms with van der Waals surface area (Å²) in [4.78, 5) is 70.3. The van der Waals surface area contributed by atoms with Crippen molar-refractivity contribution < 1.29 is 44.1 Å². The van der Waals surface area contributed by atoms with Crippen molar-refractivity contribution in [2.24, 2.45) is 11.5 Å². The van der Waals surface area contributed by atoms with Gasteiger partial charge in [0.05, 0.1) is 12.5 Å². The maximum absolute atomic E-state index is 12.7. The van der Waals surface area contributed by atoms with E-state index in [1.165, 1.54) is 12.1 Å². The Balaban J connectivity index is 2.90. The number of carbonyl (C=O) groups excluding carboxylic acids is 4. The molecule has 0 bridgehead atoms. The van der Waals surface area contributed by atoms with Crippen molar-refractivity contribution in [1.82, 2.24) is 16.0 Å². The van der Waals surface area contributed by atoms with Crippen molar-refractivity contribution >= 4 is 35.6 Å². The number of rotatable bonds is 14. The van der Waals surface area contributed by atoms with Crippen molar-refractivity contribution in [2.45, 2.75) is 43.8 Å². The molecule has 0 aliphatic rings. The first-order valence-corrected chi connectivity index (χ1v) is 10.0. The molecule has 4 amide bonds. The average molecular weight is 481 g/mol. The van der Waals surface area contributed by atoms with Gasteiger partial charge in [-0.2, -0.15) is 0 Å². The van der Waals surface area contributed by atoms with Crippen LogP contribution in [0.1, 0.15) is 24.8 Å². The molecule has 14 heteroatoms. The molecule has 34 heavy (non-hydrogen) atoms. The van der Waals surface area contributed by atoms with Crippen LogP contribution in [0.3, 0.4) is 0 Å². The van der Waals surface area contributed by atoms with Gasteiger partial charge in [0.25, 0.3) is 0 Å². The van der Waals surface area contributed by atoms with Crippen LogP contribution in [-0.2, 0) is 35.2 Å². The van der Waals surface area contributed by atoms with Crippen LogP contribution < -0.4 is 27.4 Å². The van der Waals surface area contributed by atoms with Crippen LogP contribution in [-0.4, -0.2) is 75.6 Å². The lowest BCUT2D eigenvalue weighted by molar-refractivity contribution is -0.140. The lowest BCUT2D eigenvalue weighted by atomic mass is 10.0. The van der Waals surface area contributed by atoms with Gasteiger partial charge >= 0.3 is 11.9 Å². The van der Waals surface area contributed by atoms with Gasteiger partial charge in [-0.3, -0.25) is 28.8 Å². The molecule has 3 unspecified atom stereocenters. The van der Waals surface area contributed by atoms with E-state index in [2.05, 4.69) is 10.6 Å². The number of hydrogen-bond acceptors (Lipinski definition) is 8. The molecular weight excluding hydrogens is 454 g/mol. The molecule has 0 aliphatic carbocycles. The highest BCUT2D eigenvalue weighted by Crippen LogP contribution is 2.11. The first-order valence-electron chi connectivity index (χ1n) is 10.0. The number of carboxylic acids is 2. The van der Waals surface area contributed by atoms with Crippen LogP contribution >= 0.6 is 0 Å². The number of hydrogen-bond donors (Lipinski definition) is 8. The van der Waals surface area contributed by atoms with Gasteiger partial charge in [0.1, 0.15) is 24.4 Å². The lowest BCUT2D eigenvalue weighted by Crippen LogP contribution is -2.57. The second-order valence-corrected chi connectivity index (χ2v) is 7.31. The molecule has 1 aromatic carbocycles. The Morgan fingerprint density at radius 1 is 0.853 bits per heavy atom. The van der Waals surface area contributed by atoms with Crippen molar-refractivity contribution in [3.63, 3.8) is 0 Å². The minimum Gasteiger partial charge on any atom is -0.508 e. The molecule has 0 saturated carbocycles. The molecule has 10 N–H and O–H groups in total. The number of nitrogens with one attached hydrogen (secondary N) is 3. The molecule has 3 atom stereocenters. The standard InChI is InChI=1S/C20H27N5O9/c21-12(7-10-1-3-11(26)4-2-10)18(32)25-14(8-15(22)27)20(34)24-13(5-6-16(28)29)19(33)23-9-17(30)31/h1-4,12-14,26H,5-9,21H2,(H2,22,27)(H,23,33)(H,24,34)(H,25,32)(H,28,29)(H,30,31). The Morgan fingerprint density at radius 3 is 1.97 bits per heavy atom. The van der Waals surface area contributed by atoms with E-state index in [1.807, 2.05) is 5.32 Å². The van der Waals surface area contributed by atoms with E-state index in [0.29, 0.717) is 5.56 Å². The van der Waals surface area contributed by atoms with Crippen molar-refractivity contribution in [3.8, 4) is 5.75 Å². The third-order valence-corrected chi connectivity index (χ3v) is 4.46. The smallest absolute Gasteiger partial charge is 0.322 e. The Bertz CT molecular complexity index is 920. The highest BCUT2D eigenvalue weighted by atomic mass is 16.4. The van der Waals surface area contributed by atoms with Gasteiger partial charge in [0.2, 0.25) is 23.6 Å². The van der Waals surface area contributed by atoms with E-state index in [9.17, 15) is 33.9 Å². The van der Waals surface area contributed by atoms with E-state index < -0.39 is 73.1 Å². The van der Waals surface area contributed by atoms with Crippen LogP contribution in [0.5, 0.6) is 5.75 Å². The van der Waals surface area contributed by atoms with Crippen LogP contribution in [0.2, 0.25) is 0 Å². The fourth-order valence-electron chi connectivity index (χ4n) is 2.76. The summed E-state index contributed by atoms with van der Waals surface area (Å²) in [6.07, 6.45) is -1.53. The summed E-state index contributed by atoms with van der Waals surface area (Å²) in [5.74, 6) is -6.37. The van der Waals surface area contributed by atoms with Crippen LogP contribution in [0.4, 0.5) is 0 Å². The van der Waals surface area contributed by atoms with Gasteiger partial charge in [0, 0.05) is 6.42 Å². The van der Waals surface area contributed by atoms with Gasteiger partial charge in [-0.15, -0.1) is 0 Å². The predicted molar refractivity (Wildman–Crippen MR) is 115 cm³/mol. The summed E-state index contributed by atoms with van der Waals surface area (Å²) in [6, 6.07) is 1.75. The van der Waals surface area contributed by atoms with Gasteiger partial charge in [0.15, 0.2) is 0 Å². The third kappa shape index (κ3) is 10.4. The lowest BCUT2D eigenvalue weighted by Gasteiger charge is -2.23. The molecule has 1 aromatic rings. The largest absolute Gasteiger partial charge is 0.508 e. The number of amides is 4. The van der Waals surface area contributed by atoms with Crippen molar-refractivity contribution in [3.05, 3.63) is 29.8 Å². The topological polar surface area (TPSA) is 251 Å². The summed E-state index contributed by atoms with van der Waals surface area (Å²) in [7, 11) is 0. The molecule has 0 spiro atoms. The van der Waals surface area contributed by atoms with Gasteiger partial charge < -0.3 is 42.7 Å². The average Bonchev–Trinajstić information content (AvgIpc) is 2.75. The molecule has 0 aromatic heterocycles. The van der Waals surface area contributed by atoms with Crippen LogP contribution in [0.15, 0.2) is 24.3 Å². The molecule has 0 heterocycles. The first kappa shape index (κ1) is 27.8. The molecule has 0 aliphatic heterocycles. The molecule has 0 fully saturated rings. The quantitative estimate of drug-likeness (QED) is 0.135. The van der Waals surface area contributed by atoms with Crippen molar-refractivity contribution in [2.75, 3.05) is 6.54 Å². The fraction of sp³-hybridized carbons (Fsp3) is 0.400. The summed E-state index contributed by atoms with van der Waals surface area (Å²) in [5, 5.41) is 33.3. The number of phenols is 1. The van der Waals surface area contributed by atoms with Crippen LogP contribution in [0, 0.1) is 0 Å². The van der Waals surface area contributed by atoms with E-state index >= 15 is 0 Å². The highest BCUT2D eigenvalue weighted by molar-refractivity contribution is 5.96. The summed E-state index contributed by atoms with van der Waals surface area (Å²) >= 11 is 0. The van der Waals surface area contributed by atoms with E-state index in [0.717, 1.165) is 0 Å². The van der Waals surface area contributed by atoms with E-state index in [1.54, 1.807) is 12.1 Å². The van der Waals surface area contributed by atoms with E-state index in [4.69, 9.17) is 21.7 Å². The van der Waals surface area contributed by atoms with E-state index in [-0.39, 0.29) is 18.6 Å². The number of aromatic hydroxyl groups is 1. The number of aliphatic carboxylic acids is 2. The minimum atomic E-state index is -1.53. The number of benzene rings is 1. The van der Waals surface area contributed by atoms with Crippen LogP contribution in [0.25, 0.3) is 0 Å². The first-order chi connectivity index (χ1) is 15.9. The number of carbonyl (C=O) groups is 6. The molecular formula is C20H27N5O9. The Morgan fingerprint density at radius 2 is 1.44 bits per heavy atom. The number of nitrogens with two attached hydrogens (primary N) is 2. The zero-order chi connectivity index (χ0) is 25.8. The normalized spacial score (nSPS) is 13.1. The predicted octanol–water partition coefficient (Wildman–Crippen LogP) is -2.83. The molecule has 0 saturated heterocycles. The number of carboxylic acid groups (broad SMARTS) is 2. The minimum absolute atomic E-state index is 0.0183. The summed E-state index contributed by atoms with van der Waals surface area (Å²) < 4.78 is 0. The maximum Gasteiger partial charge on any atom is 0.322 e. The zero-order valence-electron chi connectivity index (χ0n) is 18.0. The third-order valence-electron chi connectivity index (χ3n) is 4.46. The van der Waals surface area contributed by atoms with Crippen molar-refractivity contribution in [1.29, 1.82) is 0 Å². The number of phenolic OH excluding ortho intramolecular Hbond substituents is 1. The Kier molecular flexibility index (Phi) is 10.9. The molecule has 14 nitrogen and oxygen atoms in total. The second-order valence-electron chi connectivity index (χ2n) is 7.31. The molecule has 1 rings (SSSR count). The van der Waals surface area contributed by atoms with Gasteiger partial charge in [-0.05, 0) is 30.5 Å². The fourth-order valence-corrected chi connectivity index (χ4v) is 2.76. The van der Waals surface area contributed by atoms with Gasteiger partial charge in [-0.1, -0.05) is 12.1 Å². The summed E-state index contributed by atoms with van der Waals surface area (Å²) in [6.45, 7) is -0.772. The Labute approximate surface area is 193 Å². The molecule has 186 valence electrons. The summed E-state index contributed by atoms with van der Waals surface area (Å²) in [5.41, 5.74) is 11.6. The number of primary amides is 1. The Hall–Kier alpha value is -4.20. The van der Waals surface area contributed by atoms with Gasteiger partial charge in [-0.25, -0.2) is 0 Å². The second kappa shape index (κ2) is 13.4.